The van der Waals surface area contributed by atoms with Crippen LogP contribution in [0.5, 0.6) is 0 Å². The fourth-order valence-electron chi connectivity index (χ4n) is 2.75. The number of thiazole rings is 1. The first kappa shape index (κ1) is 11.1. The number of aromatic nitrogens is 1. The average molecular weight is 247 g/mol. The molecule has 3 nitrogen and oxygen atoms in total. The summed E-state index contributed by atoms with van der Waals surface area (Å²) in [4.78, 5) is 6.74. The molecule has 0 saturated carbocycles. The number of hydrogen-bond acceptors (Lipinski definition) is 4. The van der Waals surface area contributed by atoms with Crippen molar-refractivity contribution in [3.05, 3.63) is 29.3 Å². The standard InChI is InChI=1S/C13H17N3S/c1-16-7-9(6-14)4-12(16)10-2-3-11-13(5-10)17-8-15-11/h2-3,5,8-9,12H,4,6-7,14H2,1H3. The molecule has 1 aromatic carbocycles. The predicted molar refractivity (Wildman–Crippen MR) is 72.2 cm³/mol. The van der Waals surface area contributed by atoms with Gasteiger partial charge >= 0.3 is 0 Å². The zero-order valence-electron chi connectivity index (χ0n) is 9.97. The second-order valence-electron chi connectivity index (χ2n) is 4.87. The Morgan fingerprint density at radius 1 is 1.53 bits per heavy atom. The average Bonchev–Trinajstić information content (AvgIpc) is 2.93. The van der Waals surface area contributed by atoms with Crippen molar-refractivity contribution in [3.8, 4) is 0 Å². The van der Waals surface area contributed by atoms with Crippen LogP contribution in [0.25, 0.3) is 10.2 Å². The number of hydrogen-bond donors (Lipinski definition) is 1. The van der Waals surface area contributed by atoms with Gasteiger partial charge in [0.05, 0.1) is 15.7 Å². The molecule has 4 heteroatoms. The molecule has 1 fully saturated rings. The van der Waals surface area contributed by atoms with E-state index in [9.17, 15) is 0 Å². The summed E-state index contributed by atoms with van der Waals surface area (Å²) in [5, 5.41) is 0. The van der Waals surface area contributed by atoms with Crippen molar-refractivity contribution < 1.29 is 0 Å². The van der Waals surface area contributed by atoms with Crippen molar-refractivity contribution in [3.63, 3.8) is 0 Å². The molecule has 90 valence electrons. The molecule has 17 heavy (non-hydrogen) atoms. The van der Waals surface area contributed by atoms with Gasteiger partial charge in [0, 0.05) is 12.6 Å². The minimum Gasteiger partial charge on any atom is -0.330 e. The Balaban J connectivity index is 1.92. The van der Waals surface area contributed by atoms with Gasteiger partial charge in [-0.3, -0.25) is 4.90 Å². The van der Waals surface area contributed by atoms with Crippen LogP contribution in [0.15, 0.2) is 23.7 Å². The van der Waals surface area contributed by atoms with Crippen LogP contribution in [0, 0.1) is 5.92 Å². The minimum absolute atomic E-state index is 0.523. The molecular weight excluding hydrogens is 230 g/mol. The van der Waals surface area contributed by atoms with Gasteiger partial charge < -0.3 is 5.73 Å². The Bertz CT molecular complexity index is 522. The topological polar surface area (TPSA) is 42.1 Å². The molecule has 0 radical (unpaired) electrons. The second kappa shape index (κ2) is 4.37. The Morgan fingerprint density at radius 3 is 3.18 bits per heavy atom. The molecule has 1 aliphatic rings. The van der Waals surface area contributed by atoms with Gasteiger partial charge in [0.25, 0.3) is 0 Å². The molecule has 1 aromatic heterocycles. The lowest BCUT2D eigenvalue weighted by Crippen LogP contribution is -2.20. The molecule has 0 bridgehead atoms. The molecular formula is C13H17N3S. The third-order valence-electron chi connectivity index (χ3n) is 3.71. The van der Waals surface area contributed by atoms with Crippen LogP contribution in [0.2, 0.25) is 0 Å². The molecule has 1 aliphatic heterocycles. The summed E-state index contributed by atoms with van der Waals surface area (Å²) < 4.78 is 1.28. The van der Waals surface area contributed by atoms with Gasteiger partial charge in [-0.25, -0.2) is 4.98 Å². The van der Waals surface area contributed by atoms with Gasteiger partial charge in [-0.05, 0) is 43.6 Å². The van der Waals surface area contributed by atoms with E-state index in [1.165, 1.54) is 16.7 Å². The van der Waals surface area contributed by atoms with E-state index in [-0.39, 0.29) is 0 Å². The summed E-state index contributed by atoms with van der Waals surface area (Å²) in [5.74, 6) is 0.641. The number of nitrogens with two attached hydrogens (primary N) is 1. The quantitative estimate of drug-likeness (QED) is 0.885. The maximum atomic E-state index is 5.78. The number of fused-ring (bicyclic) bond motifs is 1. The summed E-state index contributed by atoms with van der Waals surface area (Å²) in [6, 6.07) is 7.15. The molecule has 2 unspecified atom stereocenters. The van der Waals surface area contributed by atoms with Crippen LogP contribution in [0.4, 0.5) is 0 Å². The Morgan fingerprint density at radius 2 is 2.41 bits per heavy atom. The largest absolute Gasteiger partial charge is 0.330 e. The molecule has 2 heterocycles. The van der Waals surface area contributed by atoms with Gasteiger partial charge in [0.15, 0.2) is 0 Å². The van der Waals surface area contributed by atoms with E-state index < -0.39 is 0 Å². The van der Waals surface area contributed by atoms with Crippen molar-refractivity contribution >= 4 is 21.6 Å². The maximum Gasteiger partial charge on any atom is 0.0812 e. The van der Waals surface area contributed by atoms with Gasteiger partial charge in [-0.2, -0.15) is 0 Å². The lowest BCUT2D eigenvalue weighted by molar-refractivity contribution is 0.314. The second-order valence-corrected chi connectivity index (χ2v) is 5.76. The van der Waals surface area contributed by atoms with E-state index in [0.29, 0.717) is 12.0 Å². The highest BCUT2D eigenvalue weighted by Gasteiger charge is 2.29. The predicted octanol–water partition coefficient (Wildman–Crippen LogP) is 2.25. The number of nitrogens with zero attached hydrogens (tertiary/aromatic N) is 2. The molecule has 2 aromatic rings. The molecule has 1 saturated heterocycles. The highest BCUT2D eigenvalue weighted by atomic mass is 32.1. The van der Waals surface area contributed by atoms with Crippen LogP contribution in [0.3, 0.4) is 0 Å². The van der Waals surface area contributed by atoms with Crippen molar-refractivity contribution in [1.82, 2.24) is 9.88 Å². The third-order valence-corrected chi connectivity index (χ3v) is 4.50. The zero-order chi connectivity index (χ0) is 11.8. The van der Waals surface area contributed by atoms with Crippen LogP contribution in [-0.2, 0) is 0 Å². The molecule has 0 aliphatic carbocycles. The zero-order valence-corrected chi connectivity index (χ0v) is 10.8. The number of rotatable bonds is 2. The molecule has 0 amide bonds. The molecule has 0 spiro atoms. The van der Waals surface area contributed by atoms with Crippen LogP contribution >= 0.6 is 11.3 Å². The Kier molecular flexibility index (Phi) is 2.86. The van der Waals surface area contributed by atoms with E-state index in [0.717, 1.165) is 18.6 Å². The van der Waals surface area contributed by atoms with E-state index in [2.05, 4.69) is 35.1 Å². The van der Waals surface area contributed by atoms with Crippen LogP contribution in [-0.4, -0.2) is 30.0 Å². The first-order valence-electron chi connectivity index (χ1n) is 6.01. The highest BCUT2D eigenvalue weighted by molar-refractivity contribution is 7.16. The lowest BCUT2D eigenvalue weighted by Gasteiger charge is -2.19. The summed E-state index contributed by atoms with van der Waals surface area (Å²) in [6.45, 7) is 1.91. The van der Waals surface area contributed by atoms with Gasteiger partial charge in [-0.1, -0.05) is 6.07 Å². The summed E-state index contributed by atoms with van der Waals surface area (Å²) in [5.41, 5.74) is 10.2. The maximum absolute atomic E-state index is 5.78. The minimum atomic E-state index is 0.523. The van der Waals surface area contributed by atoms with Crippen LogP contribution in [0.1, 0.15) is 18.0 Å². The Hall–Kier alpha value is -0.970. The van der Waals surface area contributed by atoms with E-state index in [1.54, 1.807) is 11.3 Å². The van der Waals surface area contributed by atoms with Gasteiger partial charge in [-0.15, -0.1) is 11.3 Å². The first-order chi connectivity index (χ1) is 8.28. The van der Waals surface area contributed by atoms with Crippen LogP contribution < -0.4 is 5.73 Å². The highest BCUT2D eigenvalue weighted by Crippen LogP contribution is 2.35. The fraction of sp³-hybridized carbons (Fsp3) is 0.462. The summed E-state index contributed by atoms with van der Waals surface area (Å²) in [6.07, 6.45) is 1.18. The monoisotopic (exact) mass is 247 g/mol. The number of benzene rings is 1. The molecule has 2 atom stereocenters. The van der Waals surface area contributed by atoms with Gasteiger partial charge in [0.1, 0.15) is 0 Å². The lowest BCUT2D eigenvalue weighted by atomic mass is 10.00. The molecule has 2 N–H and O–H groups in total. The Labute approximate surface area is 105 Å². The smallest absolute Gasteiger partial charge is 0.0812 e. The van der Waals surface area contributed by atoms with Crippen molar-refractivity contribution in [2.45, 2.75) is 12.5 Å². The van der Waals surface area contributed by atoms with Gasteiger partial charge in [0.2, 0.25) is 0 Å². The van der Waals surface area contributed by atoms with Crippen molar-refractivity contribution in [1.29, 1.82) is 0 Å². The number of likely N-dealkylation sites (tertiary alicyclic amines) is 1. The first-order valence-corrected chi connectivity index (χ1v) is 6.89. The SMILES string of the molecule is CN1CC(CN)CC1c1ccc2ncsc2c1. The van der Waals surface area contributed by atoms with E-state index in [4.69, 9.17) is 5.73 Å². The normalized spacial score (nSPS) is 25.8. The summed E-state index contributed by atoms with van der Waals surface area (Å²) >= 11 is 1.71. The van der Waals surface area contributed by atoms with Crippen molar-refractivity contribution in [2.75, 3.05) is 20.1 Å². The third kappa shape index (κ3) is 1.97. The van der Waals surface area contributed by atoms with Crippen molar-refractivity contribution in [2.24, 2.45) is 11.7 Å². The van der Waals surface area contributed by atoms with E-state index >= 15 is 0 Å². The molecule has 3 rings (SSSR count). The summed E-state index contributed by atoms with van der Waals surface area (Å²) in [7, 11) is 2.19. The fourth-order valence-corrected chi connectivity index (χ4v) is 3.47. The van der Waals surface area contributed by atoms with E-state index in [1.807, 2.05) is 5.51 Å².